The van der Waals surface area contributed by atoms with Gasteiger partial charge in [-0.15, -0.1) is 0 Å². The van der Waals surface area contributed by atoms with Crippen LogP contribution in [0.25, 0.3) is 0 Å². The van der Waals surface area contributed by atoms with Gasteiger partial charge in [0.2, 0.25) is 5.91 Å². The van der Waals surface area contributed by atoms with Gasteiger partial charge in [-0.2, -0.15) is 0 Å². The summed E-state index contributed by atoms with van der Waals surface area (Å²) in [7, 11) is 1.68. The van der Waals surface area contributed by atoms with E-state index < -0.39 is 0 Å². The van der Waals surface area contributed by atoms with Gasteiger partial charge in [0.25, 0.3) is 5.91 Å². The molecule has 132 valence electrons. The zero-order valence-electron chi connectivity index (χ0n) is 14.5. The van der Waals surface area contributed by atoms with Crippen LogP contribution in [0, 0.1) is 0 Å². The number of hydrogen-bond acceptors (Lipinski definition) is 3. The molecule has 0 bridgehead atoms. The molecule has 2 amide bonds. The van der Waals surface area contributed by atoms with Crippen LogP contribution in [0.15, 0.2) is 46.9 Å². The Bertz CT molecular complexity index is 777. The van der Waals surface area contributed by atoms with Gasteiger partial charge in [-0.3, -0.25) is 9.59 Å². The third-order valence-electron chi connectivity index (χ3n) is 3.75. The van der Waals surface area contributed by atoms with E-state index in [1.807, 2.05) is 18.2 Å². The average molecular weight is 405 g/mol. The highest BCUT2D eigenvalue weighted by Gasteiger charge is 2.09. The van der Waals surface area contributed by atoms with E-state index in [9.17, 15) is 9.59 Å². The Morgan fingerprint density at radius 3 is 2.60 bits per heavy atom. The van der Waals surface area contributed by atoms with Crippen molar-refractivity contribution in [1.82, 2.24) is 0 Å². The number of aryl methyl sites for hydroxylation is 1. The second-order valence-corrected chi connectivity index (χ2v) is 6.44. The van der Waals surface area contributed by atoms with Gasteiger partial charge in [0, 0.05) is 25.3 Å². The molecule has 0 heterocycles. The number of anilines is 2. The van der Waals surface area contributed by atoms with Crippen molar-refractivity contribution in [2.24, 2.45) is 0 Å². The van der Waals surface area contributed by atoms with Crippen LogP contribution in [0.3, 0.4) is 0 Å². The molecule has 2 rings (SSSR count). The number of nitrogens with one attached hydrogen (secondary N) is 1. The number of halogens is 1. The van der Waals surface area contributed by atoms with E-state index in [0.717, 1.165) is 10.9 Å². The Balaban J connectivity index is 1.96. The standard InChI is InChI=1S/C19H21BrN2O3/c1-4-14-8-9-18(17(20)10-14)25-12-19(24)21-15-6-5-7-16(11-15)22(3)13(2)23/h5-11H,4,12H2,1-3H3,(H,21,24). The zero-order valence-corrected chi connectivity index (χ0v) is 16.1. The molecule has 25 heavy (non-hydrogen) atoms. The van der Waals surface area contributed by atoms with Crippen LogP contribution >= 0.6 is 15.9 Å². The van der Waals surface area contributed by atoms with Crippen LogP contribution in [0.4, 0.5) is 11.4 Å². The summed E-state index contributed by atoms with van der Waals surface area (Å²) in [5, 5.41) is 2.77. The summed E-state index contributed by atoms with van der Waals surface area (Å²) in [4.78, 5) is 25.0. The van der Waals surface area contributed by atoms with E-state index >= 15 is 0 Å². The highest BCUT2D eigenvalue weighted by atomic mass is 79.9. The number of nitrogens with zero attached hydrogens (tertiary/aromatic N) is 1. The van der Waals surface area contributed by atoms with Crippen LogP contribution in [0.2, 0.25) is 0 Å². The van der Waals surface area contributed by atoms with Crippen molar-refractivity contribution >= 4 is 39.1 Å². The molecule has 0 aliphatic heterocycles. The molecule has 0 spiro atoms. The highest BCUT2D eigenvalue weighted by Crippen LogP contribution is 2.26. The molecule has 2 aromatic rings. The van der Waals surface area contributed by atoms with Gasteiger partial charge in [0.05, 0.1) is 4.47 Å². The number of carbonyl (C=O) groups excluding carboxylic acids is 2. The van der Waals surface area contributed by atoms with Gasteiger partial charge < -0.3 is 15.0 Å². The van der Waals surface area contributed by atoms with Crippen molar-refractivity contribution in [3.05, 3.63) is 52.5 Å². The molecule has 0 unspecified atom stereocenters. The maximum atomic E-state index is 12.1. The molecule has 1 N–H and O–H groups in total. The van der Waals surface area contributed by atoms with E-state index in [2.05, 4.69) is 28.2 Å². The summed E-state index contributed by atoms with van der Waals surface area (Å²) in [5.74, 6) is 0.277. The molecule has 0 saturated carbocycles. The van der Waals surface area contributed by atoms with Gasteiger partial charge in [-0.25, -0.2) is 0 Å². The molecule has 5 nitrogen and oxygen atoms in total. The van der Waals surface area contributed by atoms with E-state index in [4.69, 9.17) is 4.74 Å². The summed E-state index contributed by atoms with van der Waals surface area (Å²) in [6.07, 6.45) is 0.935. The maximum Gasteiger partial charge on any atom is 0.262 e. The molecular weight excluding hydrogens is 384 g/mol. The van der Waals surface area contributed by atoms with Crippen LogP contribution in [0.5, 0.6) is 5.75 Å². The molecule has 0 aliphatic carbocycles. The number of hydrogen-bond donors (Lipinski definition) is 1. The smallest absolute Gasteiger partial charge is 0.262 e. The minimum absolute atomic E-state index is 0.0767. The minimum Gasteiger partial charge on any atom is -0.483 e. The van der Waals surface area contributed by atoms with Gasteiger partial charge in [-0.05, 0) is 58.2 Å². The topological polar surface area (TPSA) is 58.6 Å². The monoisotopic (exact) mass is 404 g/mol. The minimum atomic E-state index is -0.269. The molecule has 0 aromatic heterocycles. The first-order valence-corrected chi connectivity index (χ1v) is 8.75. The predicted octanol–water partition coefficient (Wildman–Crippen LogP) is 4.01. The van der Waals surface area contributed by atoms with Crippen LogP contribution in [-0.4, -0.2) is 25.5 Å². The Kier molecular flexibility index (Phi) is 6.58. The van der Waals surface area contributed by atoms with Crippen molar-refractivity contribution in [2.75, 3.05) is 23.9 Å². The second-order valence-electron chi connectivity index (χ2n) is 5.58. The zero-order chi connectivity index (χ0) is 18.4. The molecule has 0 radical (unpaired) electrons. The van der Waals surface area contributed by atoms with E-state index in [1.165, 1.54) is 17.4 Å². The normalized spacial score (nSPS) is 10.2. The summed E-state index contributed by atoms with van der Waals surface area (Å²) in [6, 6.07) is 12.9. The van der Waals surface area contributed by atoms with Gasteiger partial charge >= 0.3 is 0 Å². The fraction of sp³-hybridized carbons (Fsp3) is 0.263. The molecule has 0 atom stereocenters. The number of ether oxygens (including phenoxy) is 1. The first-order valence-electron chi connectivity index (χ1n) is 7.96. The van der Waals surface area contributed by atoms with Crippen molar-refractivity contribution in [1.29, 1.82) is 0 Å². The predicted molar refractivity (Wildman–Crippen MR) is 103 cm³/mol. The lowest BCUT2D eigenvalue weighted by Crippen LogP contribution is -2.23. The van der Waals surface area contributed by atoms with Gasteiger partial charge in [-0.1, -0.05) is 19.1 Å². The summed E-state index contributed by atoms with van der Waals surface area (Å²) >= 11 is 3.45. The lowest BCUT2D eigenvalue weighted by Gasteiger charge is -2.16. The third-order valence-corrected chi connectivity index (χ3v) is 4.37. The van der Waals surface area contributed by atoms with Gasteiger partial charge in [0.15, 0.2) is 6.61 Å². The molecule has 2 aromatic carbocycles. The number of carbonyl (C=O) groups is 2. The van der Waals surface area contributed by atoms with Crippen molar-refractivity contribution < 1.29 is 14.3 Å². The highest BCUT2D eigenvalue weighted by molar-refractivity contribution is 9.10. The Hall–Kier alpha value is -2.34. The Morgan fingerprint density at radius 2 is 1.96 bits per heavy atom. The van der Waals surface area contributed by atoms with Crippen molar-refractivity contribution in [3.8, 4) is 5.75 Å². The molecular formula is C19H21BrN2O3. The second kappa shape index (κ2) is 8.67. The SMILES string of the molecule is CCc1ccc(OCC(=O)Nc2cccc(N(C)C(C)=O)c2)c(Br)c1. The quantitative estimate of drug-likeness (QED) is 0.790. The number of amides is 2. The first-order chi connectivity index (χ1) is 11.9. The number of rotatable bonds is 6. The average Bonchev–Trinajstić information content (AvgIpc) is 2.60. The lowest BCUT2D eigenvalue weighted by atomic mass is 10.2. The fourth-order valence-electron chi connectivity index (χ4n) is 2.20. The Morgan fingerprint density at radius 1 is 1.20 bits per heavy atom. The number of benzene rings is 2. The van der Waals surface area contributed by atoms with E-state index in [0.29, 0.717) is 17.1 Å². The van der Waals surface area contributed by atoms with Crippen molar-refractivity contribution in [3.63, 3.8) is 0 Å². The summed E-state index contributed by atoms with van der Waals surface area (Å²) < 4.78 is 6.39. The third kappa shape index (κ3) is 5.32. The summed E-state index contributed by atoms with van der Waals surface area (Å²) in [5.41, 5.74) is 2.51. The fourth-order valence-corrected chi connectivity index (χ4v) is 2.74. The Labute approximate surface area is 156 Å². The molecule has 0 fully saturated rings. The molecule has 0 saturated heterocycles. The van der Waals surface area contributed by atoms with Crippen LogP contribution in [-0.2, 0) is 16.0 Å². The largest absolute Gasteiger partial charge is 0.483 e. The van der Waals surface area contributed by atoms with E-state index in [-0.39, 0.29) is 18.4 Å². The van der Waals surface area contributed by atoms with Crippen molar-refractivity contribution in [2.45, 2.75) is 20.3 Å². The first kappa shape index (κ1) is 19.0. The molecule has 0 aliphatic rings. The lowest BCUT2D eigenvalue weighted by molar-refractivity contribution is -0.118. The van der Waals surface area contributed by atoms with Gasteiger partial charge in [0.1, 0.15) is 5.75 Å². The molecule has 6 heteroatoms. The van der Waals surface area contributed by atoms with E-state index in [1.54, 1.807) is 31.3 Å². The maximum absolute atomic E-state index is 12.1. The van der Waals surface area contributed by atoms with Crippen LogP contribution in [0.1, 0.15) is 19.4 Å². The summed E-state index contributed by atoms with van der Waals surface area (Å²) in [6.45, 7) is 3.46. The van der Waals surface area contributed by atoms with Crippen LogP contribution < -0.4 is 15.0 Å².